The second-order valence-electron chi connectivity index (χ2n) is 2.67. The highest BCUT2D eigenvalue weighted by atomic mass is 79.9. The van der Waals surface area contributed by atoms with Crippen molar-refractivity contribution >= 4 is 15.9 Å². The largest absolute Gasteiger partial charge is 0.471 e. The van der Waals surface area contributed by atoms with Gasteiger partial charge in [-0.1, -0.05) is 0 Å². The van der Waals surface area contributed by atoms with E-state index in [1.54, 1.807) is 0 Å². The Balaban J connectivity index is 2.65. The van der Waals surface area contributed by atoms with Gasteiger partial charge in [0, 0.05) is 6.07 Å². The van der Waals surface area contributed by atoms with Crippen LogP contribution in [0.5, 0.6) is 5.88 Å². The predicted octanol–water partition coefficient (Wildman–Crippen LogP) is 2.82. The fraction of sp³-hybridized carbons (Fsp3) is 0.429. The van der Waals surface area contributed by atoms with Crippen LogP contribution in [0.1, 0.15) is 0 Å². The molecule has 1 aromatic heterocycles. The van der Waals surface area contributed by atoms with Crippen molar-refractivity contribution in [3.63, 3.8) is 0 Å². The molecule has 0 saturated heterocycles. The molecule has 0 aliphatic rings. The van der Waals surface area contributed by atoms with Crippen LogP contribution >= 0.6 is 15.9 Å². The topological polar surface area (TPSA) is 35.0 Å². The van der Waals surface area contributed by atoms with E-state index in [0.717, 1.165) is 12.4 Å². The predicted molar refractivity (Wildman–Crippen MR) is 46.2 cm³/mol. The molecule has 0 bridgehead atoms. The molecule has 9 heteroatoms. The molecule has 0 aliphatic heterocycles. The molecule has 0 fully saturated rings. The SMILES string of the molecule is FC(F)(F)C(F)(F)COc1cc(Br)ncn1. The van der Waals surface area contributed by atoms with Crippen molar-refractivity contribution in [2.75, 3.05) is 6.61 Å². The van der Waals surface area contributed by atoms with Gasteiger partial charge in [0.05, 0.1) is 0 Å². The highest BCUT2D eigenvalue weighted by Crippen LogP contribution is 2.35. The molecule has 0 aromatic carbocycles. The zero-order valence-corrected chi connectivity index (χ0v) is 9.02. The van der Waals surface area contributed by atoms with Crippen molar-refractivity contribution in [1.82, 2.24) is 9.97 Å². The molecule has 0 amide bonds. The summed E-state index contributed by atoms with van der Waals surface area (Å²) in [5, 5.41) is 0. The molecular formula is C7H4BrF5N2O. The van der Waals surface area contributed by atoms with E-state index in [1.165, 1.54) is 0 Å². The minimum absolute atomic E-state index is 0.216. The third kappa shape index (κ3) is 3.26. The van der Waals surface area contributed by atoms with E-state index in [4.69, 9.17) is 0 Å². The summed E-state index contributed by atoms with van der Waals surface area (Å²) in [6.45, 7) is -1.82. The molecule has 1 heterocycles. The van der Waals surface area contributed by atoms with Crippen LogP contribution in [0.2, 0.25) is 0 Å². The van der Waals surface area contributed by atoms with Crippen molar-refractivity contribution in [3.05, 3.63) is 17.0 Å². The average Bonchev–Trinajstić information content (AvgIpc) is 2.13. The van der Waals surface area contributed by atoms with Crippen molar-refractivity contribution < 1.29 is 26.7 Å². The van der Waals surface area contributed by atoms with Gasteiger partial charge in [-0.15, -0.1) is 0 Å². The lowest BCUT2D eigenvalue weighted by Gasteiger charge is -2.19. The fourth-order valence-electron chi connectivity index (χ4n) is 0.643. The van der Waals surface area contributed by atoms with Gasteiger partial charge >= 0.3 is 12.1 Å². The minimum atomic E-state index is -5.64. The Hall–Kier alpha value is -0.990. The molecule has 0 radical (unpaired) electrons. The lowest BCUT2D eigenvalue weighted by atomic mass is 10.3. The second kappa shape index (κ2) is 4.48. The summed E-state index contributed by atoms with van der Waals surface area (Å²) in [4.78, 5) is 6.91. The van der Waals surface area contributed by atoms with Crippen LogP contribution < -0.4 is 4.74 Å². The van der Waals surface area contributed by atoms with Crippen LogP contribution in [0.25, 0.3) is 0 Å². The summed E-state index contributed by atoms with van der Waals surface area (Å²) < 4.78 is 64.5. The van der Waals surface area contributed by atoms with Crippen molar-refractivity contribution in [2.24, 2.45) is 0 Å². The minimum Gasteiger partial charge on any atom is -0.471 e. The average molecular weight is 307 g/mol. The summed E-state index contributed by atoms with van der Waals surface area (Å²) in [7, 11) is 0. The number of hydrogen-bond donors (Lipinski definition) is 0. The van der Waals surface area contributed by atoms with E-state index in [9.17, 15) is 22.0 Å². The molecule has 1 aromatic rings. The van der Waals surface area contributed by atoms with Crippen LogP contribution in [-0.2, 0) is 0 Å². The first-order valence-electron chi connectivity index (χ1n) is 3.77. The van der Waals surface area contributed by atoms with Gasteiger partial charge in [0.15, 0.2) is 6.61 Å². The number of rotatable bonds is 3. The van der Waals surface area contributed by atoms with Gasteiger partial charge in [0.2, 0.25) is 5.88 Å². The zero-order valence-electron chi connectivity index (χ0n) is 7.43. The van der Waals surface area contributed by atoms with E-state index < -0.39 is 18.7 Å². The number of ether oxygens (including phenoxy) is 1. The third-order valence-electron chi connectivity index (χ3n) is 1.42. The first-order chi connectivity index (χ1) is 7.22. The molecule has 16 heavy (non-hydrogen) atoms. The van der Waals surface area contributed by atoms with E-state index in [1.807, 2.05) is 0 Å². The van der Waals surface area contributed by atoms with Crippen molar-refractivity contribution in [1.29, 1.82) is 0 Å². The first kappa shape index (κ1) is 13.1. The van der Waals surface area contributed by atoms with Crippen LogP contribution in [0.3, 0.4) is 0 Å². The van der Waals surface area contributed by atoms with Crippen LogP contribution in [0, 0.1) is 0 Å². The van der Waals surface area contributed by atoms with Crippen LogP contribution in [-0.4, -0.2) is 28.7 Å². The van der Waals surface area contributed by atoms with Gasteiger partial charge in [-0.25, -0.2) is 9.97 Å². The maximum atomic E-state index is 12.4. The summed E-state index contributed by atoms with van der Waals surface area (Å²) in [5.74, 6) is -5.28. The van der Waals surface area contributed by atoms with Gasteiger partial charge in [0.1, 0.15) is 10.9 Å². The normalized spacial score (nSPS) is 12.6. The standard InChI is InChI=1S/C7H4BrF5N2O/c8-4-1-5(15-3-14-4)16-2-6(9,10)7(11,12)13/h1,3H,2H2. The Morgan fingerprint density at radius 2 is 1.81 bits per heavy atom. The van der Waals surface area contributed by atoms with E-state index in [2.05, 4.69) is 30.6 Å². The van der Waals surface area contributed by atoms with Gasteiger partial charge in [0.25, 0.3) is 0 Å². The number of nitrogens with zero attached hydrogens (tertiary/aromatic N) is 2. The smallest absolute Gasteiger partial charge is 0.456 e. The Morgan fingerprint density at radius 3 is 2.31 bits per heavy atom. The highest BCUT2D eigenvalue weighted by Gasteiger charge is 2.58. The maximum absolute atomic E-state index is 12.4. The second-order valence-corrected chi connectivity index (χ2v) is 3.48. The van der Waals surface area contributed by atoms with Crippen molar-refractivity contribution in [3.8, 4) is 5.88 Å². The number of hydrogen-bond acceptors (Lipinski definition) is 3. The summed E-state index contributed by atoms with van der Waals surface area (Å²) >= 11 is 2.88. The van der Waals surface area contributed by atoms with E-state index in [0.29, 0.717) is 0 Å². The first-order valence-corrected chi connectivity index (χ1v) is 4.56. The quantitative estimate of drug-likeness (QED) is 0.636. The molecular weight excluding hydrogens is 303 g/mol. The molecule has 0 aliphatic carbocycles. The van der Waals surface area contributed by atoms with Gasteiger partial charge in [-0.05, 0) is 15.9 Å². The Bertz CT molecular complexity index is 370. The molecule has 0 N–H and O–H groups in total. The molecule has 0 saturated carbocycles. The summed E-state index contributed by atoms with van der Waals surface area (Å²) in [6, 6.07) is 1.08. The van der Waals surface area contributed by atoms with E-state index >= 15 is 0 Å². The Labute approximate surface area is 94.8 Å². The van der Waals surface area contributed by atoms with Crippen molar-refractivity contribution in [2.45, 2.75) is 12.1 Å². The number of alkyl halides is 5. The van der Waals surface area contributed by atoms with Gasteiger partial charge in [-0.3, -0.25) is 0 Å². The van der Waals surface area contributed by atoms with Gasteiger partial charge in [-0.2, -0.15) is 22.0 Å². The van der Waals surface area contributed by atoms with E-state index in [-0.39, 0.29) is 10.5 Å². The van der Waals surface area contributed by atoms with Gasteiger partial charge < -0.3 is 4.74 Å². The number of halogens is 6. The summed E-state index contributed by atoms with van der Waals surface area (Å²) in [6.07, 6.45) is -4.68. The third-order valence-corrected chi connectivity index (χ3v) is 1.86. The summed E-state index contributed by atoms with van der Waals surface area (Å²) in [5.41, 5.74) is 0. The molecule has 3 nitrogen and oxygen atoms in total. The molecule has 0 spiro atoms. The highest BCUT2D eigenvalue weighted by molar-refractivity contribution is 9.10. The molecule has 0 atom stereocenters. The molecule has 1 rings (SSSR count). The Morgan fingerprint density at radius 1 is 1.19 bits per heavy atom. The molecule has 90 valence electrons. The van der Waals surface area contributed by atoms with Crippen LogP contribution in [0.15, 0.2) is 17.0 Å². The molecule has 0 unspecified atom stereocenters. The fourth-order valence-corrected chi connectivity index (χ4v) is 0.930. The monoisotopic (exact) mass is 306 g/mol. The Kier molecular flexibility index (Phi) is 3.66. The lowest BCUT2D eigenvalue weighted by molar-refractivity contribution is -0.290. The van der Waals surface area contributed by atoms with Crippen LogP contribution in [0.4, 0.5) is 22.0 Å². The lowest BCUT2D eigenvalue weighted by Crippen LogP contribution is -2.41. The zero-order chi connectivity index (χ0) is 12.4. The maximum Gasteiger partial charge on any atom is 0.456 e. The number of aromatic nitrogens is 2.